The Kier molecular flexibility index (Phi) is 4.57. The summed E-state index contributed by atoms with van der Waals surface area (Å²) in [4.78, 5) is 15.2. The van der Waals surface area contributed by atoms with Gasteiger partial charge in [0.2, 0.25) is 0 Å². The molecule has 0 fully saturated rings. The molecule has 15 heavy (non-hydrogen) atoms. The van der Waals surface area contributed by atoms with Gasteiger partial charge in [-0.25, -0.2) is 9.67 Å². The molecule has 1 aromatic rings. The molecule has 1 aromatic heterocycles. The van der Waals surface area contributed by atoms with Crippen LogP contribution in [0.2, 0.25) is 0 Å². The first-order valence-corrected chi connectivity index (χ1v) is 5.52. The van der Waals surface area contributed by atoms with Crippen LogP contribution in [0.3, 0.4) is 0 Å². The molecule has 0 bridgehead atoms. The first kappa shape index (κ1) is 12.0. The predicted octanol–water partition coefficient (Wildman–Crippen LogP) is -0.202. The summed E-state index contributed by atoms with van der Waals surface area (Å²) in [5.74, 6) is 0.0536. The van der Waals surface area contributed by atoms with Crippen LogP contribution >= 0.6 is 11.8 Å². The second-order valence-electron chi connectivity index (χ2n) is 2.84. The fourth-order valence-corrected chi connectivity index (χ4v) is 1.72. The minimum atomic E-state index is -0.619. The molecule has 0 aliphatic heterocycles. The van der Waals surface area contributed by atoms with Gasteiger partial charge in [0, 0.05) is 12.8 Å². The number of nitrogens with two attached hydrogens (primary N) is 1. The highest BCUT2D eigenvalue weighted by atomic mass is 32.2. The second-order valence-corrected chi connectivity index (χ2v) is 3.82. The largest absolute Gasteiger partial charge is 0.465 e. The minimum Gasteiger partial charge on any atom is -0.465 e. The van der Waals surface area contributed by atoms with Crippen molar-refractivity contribution < 1.29 is 9.53 Å². The number of thioether (sulfide) groups is 1. The number of carbonyl (C=O) groups is 1. The van der Waals surface area contributed by atoms with Gasteiger partial charge >= 0.3 is 5.97 Å². The molecule has 0 spiro atoms. The van der Waals surface area contributed by atoms with Crippen LogP contribution in [0.15, 0.2) is 11.5 Å². The number of aryl methyl sites for hydroxylation is 1. The molecule has 0 saturated heterocycles. The van der Waals surface area contributed by atoms with Crippen LogP contribution in [-0.4, -0.2) is 39.1 Å². The van der Waals surface area contributed by atoms with Crippen molar-refractivity contribution in [3.63, 3.8) is 0 Å². The first-order chi connectivity index (χ1) is 7.15. The Hall–Kier alpha value is -1.08. The van der Waals surface area contributed by atoms with Gasteiger partial charge < -0.3 is 10.5 Å². The van der Waals surface area contributed by atoms with E-state index in [1.807, 2.05) is 0 Å². The van der Waals surface area contributed by atoms with E-state index in [9.17, 15) is 4.79 Å². The molecule has 1 atom stereocenters. The van der Waals surface area contributed by atoms with Crippen molar-refractivity contribution in [2.75, 3.05) is 12.4 Å². The van der Waals surface area contributed by atoms with Crippen LogP contribution in [0, 0.1) is 0 Å². The Morgan fingerprint density at radius 1 is 1.80 bits per heavy atom. The van der Waals surface area contributed by atoms with Gasteiger partial charge in [-0.2, -0.15) is 5.10 Å². The lowest BCUT2D eigenvalue weighted by atomic mass is 10.4. The van der Waals surface area contributed by atoms with Gasteiger partial charge in [0.05, 0.1) is 6.61 Å². The lowest BCUT2D eigenvalue weighted by molar-refractivity contribution is -0.144. The van der Waals surface area contributed by atoms with Crippen molar-refractivity contribution in [1.82, 2.24) is 14.8 Å². The van der Waals surface area contributed by atoms with Crippen LogP contribution in [0.4, 0.5) is 0 Å². The van der Waals surface area contributed by atoms with Crippen LogP contribution in [0.5, 0.6) is 0 Å². The second kappa shape index (κ2) is 5.72. The van der Waals surface area contributed by atoms with Crippen LogP contribution in [0.1, 0.15) is 6.92 Å². The predicted molar refractivity (Wildman–Crippen MR) is 56.3 cm³/mol. The molecule has 0 radical (unpaired) electrons. The molecule has 6 nitrogen and oxygen atoms in total. The van der Waals surface area contributed by atoms with E-state index in [1.54, 1.807) is 18.7 Å². The smallest absolute Gasteiger partial charge is 0.323 e. The van der Waals surface area contributed by atoms with E-state index in [4.69, 9.17) is 10.5 Å². The lowest BCUT2D eigenvalue weighted by Gasteiger charge is -2.09. The SMILES string of the molecule is CCOC(=O)C(N)CSc1ncnn1C. The highest BCUT2D eigenvalue weighted by Crippen LogP contribution is 2.13. The number of hydrogen-bond acceptors (Lipinski definition) is 6. The van der Waals surface area contributed by atoms with E-state index < -0.39 is 6.04 Å². The summed E-state index contributed by atoms with van der Waals surface area (Å²) >= 11 is 1.38. The molecule has 0 aromatic carbocycles. The van der Waals surface area contributed by atoms with E-state index in [2.05, 4.69) is 10.1 Å². The Labute approximate surface area is 92.2 Å². The molecule has 0 amide bonds. The van der Waals surface area contributed by atoms with Gasteiger partial charge in [-0.15, -0.1) is 0 Å². The molecule has 0 aliphatic rings. The van der Waals surface area contributed by atoms with E-state index >= 15 is 0 Å². The number of rotatable bonds is 5. The first-order valence-electron chi connectivity index (χ1n) is 4.54. The molecule has 84 valence electrons. The van der Waals surface area contributed by atoms with Crippen molar-refractivity contribution in [2.24, 2.45) is 12.8 Å². The topological polar surface area (TPSA) is 83.0 Å². The number of hydrogen-bond donors (Lipinski definition) is 1. The zero-order valence-corrected chi connectivity index (χ0v) is 9.53. The number of carbonyl (C=O) groups excluding carboxylic acids is 1. The Morgan fingerprint density at radius 2 is 2.53 bits per heavy atom. The van der Waals surface area contributed by atoms with Crippen LogP contribution in [-0.2, 0) is 16.6 Å². The van der Waals surface area contributed by atoms with Crippen LogP contribution < -0.4 is 5.73 Å². The zero-order valence-electron chi connectivity index (χ0n) is 8.71. The number of aromatic nitrogens is 3. The maximum atomic E-state index is 11.2. The molecule has 0 saturated carbocycles. The molecule has 2 N–H and O–H groups in total. The number of ether oxygens (including phenoxy) is 1. The summed E-state index contributed by atoms with van der Waals surface area (Å²) in [5.41, 5.74) is 5.62. The van der Waals surface area contributed by atoms with Crippen molar-refractivity contribution in [3.8, 4) is 0 Å². The monoisotopic (exact) mass is 230 g/mol. The fourth-order valence-electron chi connectivity index (χ4n) is 0.898. The van der Waals surface area contributed by atoms with Gasteiger partial charge in [0.15, 0.2) is 5.16 Å². The summed E-state index contributed by atoms with van der Waals surface area (Å²) in [6.45, 7) is 2.10. The summed E-state index contributed by atoms with van der Waals surface area (Å²) in [6, 6.07) is -0.619. The summed E-state index contributed by atoms with van der Waals surface area (Å²) in [6.07, 6.45) is 1.46. The van der Waals surface area contributed by atoms with E-state index in [0.29, 0.717) is 12.4 Å². The van der Waals surface area contributed by atoms with Gasteiger partial charge in [-0.05, 0) is 6.92 Å². The molecule has 1 rings (SSSR count). The zero-order chi connectivity index (χ0) is 11.3. The normalized spacial score (nSPS) is 12.5. The Morgan fingerprint density at radius 3 is 3.07 bits per heavy atom. The van der Waals surface area contributed by atoms with E-state index in [0.717, 1.165) is 5.16 Å². The summed E-state index contributed by atoms with van der Waals surface area (Å²) in [7, 11) is 1.78. The molecule has 0 aliphatic carbocycles. The van der Waals surface area contributed by atoms with Crippen molar-refractivity contribution in [2.45, 2.75) is 18.1 Å². The van der Waals surface area contributed by atoms with Crippen molar-refractivity contribution in [1.29, 1.82) is 0 Å². The quantitative estimate of drug-likeness (QED) is 0.557. The van der Waals surface area contributed by atoms with Gasteiger partial charge in [-0.3, -0.25) is 4.79 Å². The third-order valence-electron chi connectivity index (χ3n) is 1.65. The minimum absolute atomic E-state index is 0.348. The maximum Gasteiger partial charge on any atom is 0.323 e. The third-order valence-corrected chi connectivity index (χ3v) is 2.80. The maximum absolute atomic E-state index is 11.2. The molecule has 1 heterocycles. The number of esters is 1. The number of nitrogens with zero attached hydrogens (tertiary/aromatic N) is 3. The van der Waals surface area contributed by atoms with Crippen LogP contribution in [0.25, 0.3) is 0 Å². The standard InChI is InChI=1S/C8H14N4O2S/c1-3-14-7(13)6(9)4-15-8-10-5-11-12(8)2/h5-6H,3-4,9H2,1-2H3. The van der Waals surface area contributed by atoms with Crippen molar-refractivity contribution in [3.05, 3.63) is 6.33 Å². The van der Waals surface area contributed by atoms with E-state index in [-0.39, 0.29) is 5.97 Å². The molecule has 7 heteroatoms. The summed E-state index contributed by atoms with van der Waals surface area (Å²) in [5, 5.41) is 4.63. The summed E-state index contributed by atoms with van der Waals surface area (Å²) < 4.78 is 6.41. The van der Waals surface area contributed by atoms with E-state index in [1.165, 1.54) is 18.1 Å². The molecular formula is C8H14N4O2S. The van der Waals surface area contributed by atoms with Gasteiger partial charge in [0.1, 0.15) is 12.4 Å². The molecule has 1 unspecified atom stereocenters. The van der Waals surface area contributed by atoms with Crippen molar-refractivity contribution >= 4 is 17.7 Å². The highest BCUT2D eigenvalue weighted by Gasteiger charge is 2.15. The molecular weight excluding hydrogens is 216 g/mol. The lowest BCUT2D eigenvalue weighted by Crippen LogP contribution is -2.34. The van der Waals surface area contributed by atoms with Gasteiger partial charge in [0.25, 0.3) is 0 Å². The fraction of sp³-hybridized carbons (Fsp3) is 0.625. The Bertz CT molecular complexity index is 328. The Balaban J connectivity index is 2.37. The third kappa shape index (κ3) is 3.52. The van der Waals surface area contributed by atoms with Gasteiger partial charge in [-0.1, -0.05) is 11.8 Å². The highest BCUT2D eigenvalue weighted by molar-refractivity contribution is 7.99. The average Bonchev–Trinajstić information content (AvgIpc) is 2.61. The average molecular weight is 230 g/mol.